The zero-order chi connectivity index (χ0) is 13.5. The van der Waals surface area contributed by atoms with Gasteiger partial charge in [-0.05, 0) is 32.0 Å². The number of ether oxygens (including phenoxy) is 1. The number of rotatable bonds is 2. The standard InChI is InChI=1S/C13H14BrNO3/c1-4-18-12(17)13(2)9-7-8(14)5-6-10(9)15(3)11(13)16/h5-7H,4H2,1-3H3. The largest absolute Gasteiger partial charge is 0.465 e. The molecule has 1 aliphatic rings. The van der Waals surface area contributed by atoms with Gasteiger partial charge in [-0.2, -0.15) is 0 Å². The second kappa shape index (κ2) is 4.39. The Labute approximate surface area is 114 Å². The maximum absolute atomic E-state index is 12.3. The van der Waals surface area contributed by atoms with Gasteiger partial charge in [-0.3, -0.25) is 9.59 Å². The number of nitrogens with zero attached hydrogens (tertiary/aromatic N) is 1. The van der Waals surface area contributed by atoms with Crippen molar-refractivity contribution in [2.75, 3.05) is 18.6 Å². The van der Waals surface area contributed by atoms with Gasteiger partial charge in [0.05, 0.1) is 6.61 Å². The molecule has 1 heterocycles. The molecule has 1 atom stereocenters. The molecule has 0 saturated heterocycles. The molecule has 0 bridgehead atoms. The summed E-state index contributed by atoms with van der Waals surface area (Å²) in [7, 11) is 1.67. The summed E-state index contributed by atoms with van der Waals surface area (Å²) < 4.78 is 5.88. The van der Waals surface area contributed by atoms with E-state index in [4.69, 9.17) is 4.74 Å². The fraction of sp³-hybridized carbons (Fsp3) is 0.385. The van der Waals surface area contributed by atoms with Crippen LogP contribution in [-0.4, -0.2) is 25.5 Å². The predicted octanol–water partition coefficient (Wildman–Crippen LogP) is 2.25. The Morgan fingerprint density at radius 1 is 1.50 bits per heavy atom. The van der Waals surface area contributed by atoms with Gasteiger partial charge in [-0.15, -0.1) is 0 Å². The second-order valence-electron chi connectivity index (χ2n) is 4.37. The first-order valence-electron chi connectivity index (χ1n) is 5.68. The molecular weight excluding hydrogens is 298 g/mol. The first-order chi connectivity index (χ1) is 8.42. The zero-order valence-electron chi connectivity index (χ0n) is 10.5. The molecule has 18 heavy (non-hydrogen) atoms. The van der Waals surface area contributed by atoms with Gasteiger partial charge < -0.3 is 9.64 Å². The van der Waals surface area contributed by atoms with Crippen LogP contribution < -0.4 is 4.90 Å². The van der Waals surface area contributed by atoms with Gasteiger partial charge in [0.1, 0.15) is 0 Å². The number of likely N-dealkylation sites (N-methyl/N-ethyl adjacent to an activating group) is 1. The van der Waals surface area contributed by atoms with E-state index in [1.807, 2.05) is 12.1 Å². The highest BCUT2D eigenvalue weighted by atomic mass is 79.9. The average molecular weight is 312 g/mol. The Morgan fingerprint density at radius 3 is 2.78 bits per heavy atom. The number of fused-ring (bicyclic) bond motifs is 1. The van der Waals surface area contributed by atoms with Crippen LogP contribution in [0, 0.1) is 0 Å². The van der Waals surface area contributed by atoms with Crippen LogP contribution in [0.2, 0.25) is 0 Å². The molecule has 1 aliphatic heterocycles. The Bertz CT molecular complexity index is 529. The van der Waals surface area contributed by atoms with Crippen molar-refractivity contribution in [3.05, 3.63) is 28.2 Å². The minimum Gasteiger partial charge on any atom is -0.465 e. The highest BCUT2D eigenvalue weighted by Gasteiger charge is 2.53. The van der Waals surface area contributed by atoms with Crippen LogP contribution >= 0.6 is 15.9 Å². The van der Waals surface area contributed by atoms with Crippen molar-refractivity contribution in [1.29, 1.82) is 0 Å². The lowest BCUT2D eigenvalue weighted by Gasteiger charge is -2.20. The number of benzene rings is 1. The van der Waals surface area contributed by atoms with Crippen molar-refractivity contribution in [1.82, 2.24) is 0 Å². The number of halogens is 1. The van der Waals surface area contributed by atoms with Gasteiger partial charge in [-0.1, -0.05) is 15.9 Å². The van der Waals surface area contributed by atoms with Gasteiger partial charge in [0, 0.05) is 22.8 Å². The van der Waals surface area contributed by atoms with Crippen LogP contribution in [0.1, 0.15) is 19.4 Å². The third kappa shape index (κ3) is 1.65. The zero-order valence-corrected chi connectivity index (χ0v) is 12.1. The number of hydrogen-bond acceptors (Lipinski definition) is 3. The SMILES string of the molecule is CCOC(=O)C1(C)C(=O)N(C)c2ccc(Br)cc21. The molecule has 1 aromatic rings. The fourth-order valence-electron chi connectivity index (χ4n) is 2.23. The molecule has 0 aromatic heterocycles. The lowest BCUT2D eigenvalue weighted by molar-refractivity contribution is -0.152. The summed E-state index contributed by atoms with van der Waals surface area (Å²) in [6, 6.07) is 5.47. The summed E-state index contributed by atoms with van der Waals surface area (Å²) in [5, 5.41) is 0. The van der Waals surface area contributed by atoms with Crippen LogP contribution in [-0.2, 0) is 19.7 Å². The maximum Gasteiger partial charge on any atom is 0.326 e. The molecule has 0 radical (unpaired) electrons. The first kappa shape index (κ1) is 13.1. The Morgan fingerprint density at radius 2 is 2.17 bits per heavy atom. The van der Waals surface area contributed by atoms with Crippen molar-refractivity contribution in [2.45, 2.75) is 19.3 Å². The van der Waals surface area contributed by atoms with Crippen molar-refractivity contribution in [3.63, 3.8) is 0 Å². The topological polar surface area (TPSA) is 46.6 Å². The number of anilines is 1. The molecule has 5 heteroatoms. The minimum atomic E-state index is -1.25. The van der Waals surface area contributed by atoms with Crippen LogP contribution in [0.25, 0.3) is 0 Å². The van der Waals surface area contributed by atoms with Crippen molar-refractivity contribution >= 4 is 33.5 Å². The summed E-state index contributed by atoms with van der Waals surface area (Å²) in [4.78, 5) is 25.9. The smallest absolute Gasteiger partial charge is 0.326 e. The highest BCUT2D eigenvalue weighted by Crippen LogP contribution is 2.42. The number of carbonyl (C=O) groups excluding carboxylic acids is 2. The fourth-order valence-corrected chi connectivity index (χ4v) is 2.60. The Hall–Kier alpha value is -1.36. The summed E-state index contributed by atoms with van der Waals surface area (Å²) in [6.45, 7) is 3.60. The van der Waals surface area contributed by atoms with Crippen molar-refractivity contribution in [3.8, 4) is 0 Å². The van der Waals surface area contributed by atoms with E-state index in [0.717, 1.165) is 10.2 Å². The quantitative estimate of drug-likeness (QED) is 0.621. The number of esters is 1. The van der Waals surface area contributed by atoms with E-state index < -0.39 is 11.4 Å². The van der Waals surface area contributed by atoms with E-state index in [9.17, 15) is 9.59 Å². The molecule has 1 amide bonds. The molecular formula is C13H14BrNO3. The molecule has 96 valence electrons. The molecule has 0 aliphatic carbocycles. The van der Waals surface area contributed by atoms with Crippen LogP contribution in [0.15, 0.2) is 22.7 Å². The summed E-state index contributed by atoms with van der Waals surface area (Å²) in [6.07, 6.45) is 0. The third-order valence-corrected chi connectivity index (χ3v) is 3.77. The van der Waals surface area contributed by atoms with Crippen molar-refractivity contribution in [2.24, 2.45) is 0 Å². The molecule has 1 aromatic carbocycles. The highest BCUT2D eigenvalue weighted by molar-refractivity contribution is 9.10. The summed E-state index contributed by atoms with van der Waals surface area (Å²) in [5.41, 5.74) is 0.186. The molecule has 2 rings (SSSR count). The number of amides is 1. The minimum absolute atomic E-state index is 0.256. The monoisotopic (exact) mass is 311 g/mol. The van der Waals surface area contributed by atoms with Crippen molar-refractivity contribution < 1.29 is 14.3 Å². The van der Waals surface area contributed by atoms with Crippen LogP contribution in [0.4, 0.5) is 5.69 Å². The molecule has 0 saturated carbocycles. The van der Waals surface area contributed by atoms with E-state index >= 15 is 0 Å². The maximum atomic E-state index is 12.3. The normalized spacial score (nSPS) is 22.0. The van der Waals surface area contributed by atoms with E-state index in [1.54, 1.807) is 27.0 Å². The Kier molecular flexibility index (Phi) is 3.19. The van der Waals surface area contributed by atoms with Crippen LogP contribution in [0.3, 0.4) is 0 Å². The average Bonchev–Trinajstić information content (AvgIpc) is 2.53. The molecule has 1 unspecified atom stereocenters. The molecule has 0 spiro atoms. The van der Waals surface area contributed by atoms with Gasteiger partial charge >= 0.3 is 5.97 Å². The van der Waals surface area contributed by atoms with Gasteiger partial charge in [0.15, 0.2) is 5.41 Å². The van der Waals surface area contributed by atoms with E-state index in [1.165, 1.54) is 4.90 Å². The van der Waals surface area contributed by atoms with E-state index in [-0.39, 0.29) is 12.5 Å². The summed E-state index contributed by atoms with van der Waals surface area (Å²) >= 11 is 3.36. The molecule has 0 fully saturated rings. The molecule has 0 N–H and O–H groups in total. The second-order valence-corrected chi connectivity index (χ2v) is 5.29. The van der Waals surface area contributed by atoms with Gasteiger partial charge in [0.2, 0.25) is 5.91 Å². The number of hydrogen-bond donors (Lipinski definition) is 0. The summed E-state index contributed by atoms with van der Waals surface area (Å²) in [5.74, 6) is -0.757. The van der Waals surface area contributed by atoms with E-state index in [0.29, 0.717) is 5.56 Å². The number of carbonyl (C=O) groups is 2. The molecule has 4 nitrogen and oxygen atoms in total. The van der Waals surface area contributed by atoms with Crippen LogP contribution in [0.5, 0.6) is 0 Å². The predicted molar refractivity (Wildman–Crippen MR) is 71.5 cm³/mol. The van der Waals surface area contributed by atoms with Gasteiger partial charge in [-0.25, -0.2) is 0 Å². The third-order valence-electron chi connectivity index (χ3n) is 3.27. The lowest BCUT2D eigenvalue weighted by Crippen LogP contribution is -2.43. The Balaban J connectivity index is 2.60. The van der Waals surface area contributed by atoms with E-state index in [2.05, 4.69) is 15.9 Å². The lowest BCUT2D eigenvalue weighted by atomic mass is 9.84. The first-order valence-corrected chi connectivity index (χ1v) is 6.47. The van der Waals surface area contributed by atoms with Gasteiger partial charge in [0.25, 0.3) is 0 Å².